The summed E-state index contributed by atoms with van der Waals surface area (Å²) in [6.07, 6.45) is 16.3. The van der Waals surface area contributed by atoms with E-state index in [9.17, 15) is 29.7 Å². The monoisotopic (exact) mass is 552 g/mol. The lowest BCUT2D eigenvalue weighted by Crippen LogP contribution is -2.25. The minimum atomic E-state index is -1.04. The molecule has 5 atom stereocenters. The van der Waals surface area contributed by atoms with Crippen molar-refractivity contribution in [3.05, 3.63) is 24.3 Å². The Kier molecular flexibility index (Phi) is 19.5. The van der Waals surface area contributed by atoms with Gasteiger partial charge in [0.05, 0.1) is 12.2 Å². The van der Waals surface area contributed by atoms with Gasteiger partial charge in [0.1, 0.15) is 25.1 Å². The molecule has 0 aromatic carbocycles. The molecule has 1 aliphatic carbocycles. The fourth-order valence-electron chi connectivity index (χ4n) is 4.65. The first-order valence-electron chi connectivity index (χ1n) is 15.0. The highest BCUT2D eigenvalue weighted by molar-refractivity contribution is 5.84. The molecule has 0 aromatic rings. The van der Waals surface area contributed by atoms with Gasteiger partial charge in [-0.25, -0.2) is 0 Å². The van der Waals surface area contributed by atoms with Gasteiger partial charge in [-0.05, 0) is 32.1 Å². The third-order valence-corrected chi connectivity index (χ3v) is 7.06. The van der Waals surface area contributed by atoms with Crippen LogP contribution in [0.2, 0.25) is 0 Å². The number of unbranched alkanes of at least 4 members (excludes halogenated alkanes) is 7. The molecule has 1 fully saturated rings. The number of carbonyl (C=O) groups is 3. The average Bonchev–Trinajstić information content (AvgIpc) is 3.18. The Hall–Kier alpha value is -2.03. The maximum Gasteiger partial charge on any atom is 0.305 e. The maximum absolute atomic E-state index is 12.4. The molecule has 0 aromatic heterocycles. The number of esters is 2. The number of Topliss-reactive ketones (excluding diaryl/α,β-unsaturated/α-hetero) is 1. The summed E-state index contributed by atoms with van der Waals surface area (Å²) >= 11 is 0. The Bertz CT molecular complexity index is 747. The van der Waals surface area contributed by atoms with Crippen LogP contribution in [0.4, 0.5) is 0 Å². The van der Waals surface area contributed by atoms with Gasteiger partial charge < -0.3 is 24.8 Å². The van der Waals surface area contributed by atoms with Crippen LogP contribution in [-0.2, 0) is 23.9 Å². The predicted molar refractivity (Wildman–Crippen MR) is 151 cm³/mol. The summed E-state index contributed by atoms with van der Waals surface area (Å²) in [5.41, 5.74) is 0. The fraction of sp³-hybridized carbons (Fsp3) is 0.774. The van der Waals surface area contributed by atoms with Crippen LogP contribution in [0.3, 0.4) is 0 Å². The van der Waals surface area contributed by atoms with Crippen LogP contribution in [0.25, 0.3) is 0 Å². The van der Waals surface area contributed by atoms with Gasteiger partial charge in [-0.3, -0.25) is 14.4 Å². The van der Waals surface area contributed by atoms with Gasteiger partial charge in [0.25, 0.3) is 0 Å². The summed E-state index contributed by atoms with van der Waals surface area (Å²) in [6, 6.07) is 0. The lowest BCUT2D eigenvalue weighted by atomic mass is 9.90. The van der Waals surface area contributed by atoms with Crippen molar-refractivity contribution in [2.24, 2.45) is 11.8 Å². The van der Waals surface area contributed by atoms with E-state index in [1.165, 1.54) is 0 Å². The van der Waals surface area contributed by atoms with Gasteiger partial charge >= 0.3 is 11.9 Å². The standard InChI is InChI=1S/C31H52O8/c1-3-5-7-8-13-17-30(36)38-22-25(33)23-39-31(37)18-14-10-9-12-16-26-27(29(35)21-28(26)34)20-19-24(32)15-11-6-4-2/h9,12,19-20,24-27,29,32-33,35H,3-8,10-11,13-18,21-23H2,1-2H3/b12-9-,20-19+/t24-,25+,26+,27+,29+/m0/s1. The molecule has 224 valence electrons. The highest BCUT2D eigenvalue weighted by Crippen LogP contribution is 2.33. The summed E-state index contributed by atoms with van der Waals surface area (Å²) in [5.74, 6) is -1.35. The van der Waals surface area contributed by atoms with Crippen molar-refractivity contribution in [2.45, 2.75) is 128 Å². The molecule has 0 amide bonds. The zero-order valence-electron chi connectivity index (χ0n) is 24.1. The molecule has 0 radical (unpaired) electrons. The number of carbonyl (C=O) groups excluding carboxylic acids is 3. The molecule has 39 heavy (non-hydrogen) atoms. The molecule has 0 aliphatic heterocycles. The van der Waals surface area contributed by atoms with E-state index < -0.39 is 24.3 Å². The van der Waals surface area contributed by atoms with Crippen LogP contribution in [0.5, 0.6) is 0 Å². The molecular formula is C31H52O8. The van der Waals surface area contributed by atoms with Gasteiger partial charge in [-0.1, -0.05) is 83.1 Å². The second-order valence-electron chi connectivity index (χ2n) is 10.7. The molecule has 8 nitrogen and oxygen atoms in total. The molecule has 0 bridgehead atoms. The maximum atomic E-state index is 12.4. The molecule has 0 saturated heterocycles. The third kappa shape index (κ3) is 16.6. The predicted octanol–water partition coefficient (Wildman–Crippen LogP) is 4.97. The molecule has 0 heterocycles. The summed E-state index contributed by atoms with van der Waals surface area (Å²) in [5, 5.41) is 30.3. The first kappa shape index (κ1) is 35.0. The summed E-state index contributed by atoms with van der Waals surface area (Å²) in [7, 11) is 0. The Balaban J connectivity index is 2.22. The molecule has 1 aliphatic rings. The highest BCUT2D eigenvalue weighted by Gasteiger charge is 2.39. The number of rotatable bonds is 22. The Morgan fingerprint density at radius 2 is 1.51 bits per heavy atom. The number of hydrogen-bond acceptors (Lipinski definition) is 8. The lowest BCUT2D eigenvalue weighted by Gasteiger charge is -2.16. The van der Waals surface area contributed by atoms with Crippen molar-refractivity contribution >= 4 is 17.7 Å². The first-order chi connectivity index (χ1) is 18.8. The van der Waals surface area contributed by atoms with Crippen molar-refractivity contribution in [1.82, 2.24) is 0 Å². The van der Waals surface area contributed by atoms with E-state index in [-0.39, 0.29) is 49.6 Å². The fourth-order valence-corrected chi connectivity index (χ4v) is 4.65. The largest absolute Gasteiger partial charge is 0.463 e. The summed E-state index contributed by atoms with van der Waals surface area (Å²) < 4.78 is 10.1. The van der Waals surface area contributed by atoms with Gasteiger partial charge in [-0.2, -0.15) is 0 Å². The summed E-state index contributed by atoms with van der Waals surface area (Å²) in [6.45, 7) is 3.84. The molecule has 0 unspecified atom stereocenters. The Morgan fingerprint density at radius 3 is 2.18 bits per heavy atom. The molecule has 8 heteroatoms. The quantitative estimate of drug-likeness (QED) is 0.0974. The topological polar surface area (TPSA) is 130 Å². The minimum Gasteiger partial charge on any atom is -0.463 e. The number of hydrogen-bond donors (Lipinski definition) is 3. The van der Waals surface area contributed by atoms with Crippen LogP contribution >= 0.6 is 0 Å². The molecule has 3 N–H and O–H groups in total. The van der Waals surface area contributed by atoms with E-state index in [1.54, 1.807) is 12.2 Å². The average molecular weight is 553 g/mol. The van der Waals surface area contributed by atoms with Gasteiger partial charge in [0, 0.05) is 31.1 Å². The number of ketones is 1. The highest BCUT2D eigenvalue weighted by atomic mass is 16.6. The molecule has 0 spiro atoms. The van der Waals surface area contributed by atoms with Gasteiger partial charge in [0.15, 0.2) is 0 Å². The van der Waals surface area contributed by atoms with E-state index in [0.29, 0.717) is 32.1 Å². The van der Waals surface area contributed by atoms with Crippen molar-refractivity contribution in [2.75, 3.05) is 13.2 Å². The normalized spacial score (nSPS) is 21.1. The number of aliphatic hydroxyl groups is 3. The van der Waals surface area contributed by atoms with Crippen molar-refractivity contribution in [3.8, 4) is 0 Å². The lowest BCUT2D eigenvalue weighted by molar-refractivity contribution is -0.152. The SMILES string of the molecule is CCCCCCCC(=O)OC[C@@H](O)COC(=O)CCC/C=C\C[C@H]1C(=O)C[C@@H](O)[C@@H]1/C=C/[C@@H](O)CCCCC. The van der Waals surface area contributed by atoms with Crippen molar-refractivity contribution < 1.29 is 39.2 Å². The first-order valence-corrected chi connectivity index (χ1v) is 15.0. The van der Waals surface area contributed by atoms with E-state index in [2.05, 4.69) is 13.8 Å². The van der Waals surface area contributed by atoms with Crippen LogP contribution in [0.1, 0.15) is 110 Å². The minimum absolute atomic E-state index is 0.0297. The Morgan fingerprint density at radius 1 is 0.897 bits per heavy atom. The van der Waals surface area contributed by atoms with E-state index in [4.69, 9.17) is 9.47 Å². The Labute approximate surface area is 234 Å². The van der Waals surface area contributed by atoms with Crippen LogP contribution in [-0.4, -0.2) is 64.6 Å². The summed E-state index contributed by atoms with van der Waals surface area (Å²) in [4.78, 5) is 36.0. The number of allylic oxidation sites excluding steroid dienone is 2. The third-order valence-electron chi connectivity index (χ3n) is 7.06. The van der Waals surface area contributed by atoms with E-state index in [0.717, 1.165) is 51.4 Å². The van der Waals surface area contributed by atoms with Crippen LogP contribution in [0.15, 0.2) is 24.3 Å². The smallest absolute Gasteiger partial charge is 0.305 e. The van der Waals surface area contributed by atoms with E-state index >= 15 is 0 Å². The van der Waals surface area contributed by atoms with Crippen LogP contribution in [0, 0.1) is 11.8 Å². The molecule has 1 rings (SSSR count). The van der Waals surface area contributed by atoms with Gasteiger partial charge in [-0.15, -0.1) is 0 Å². The van der Waals surface area contributed by atoms with E-state index in [1.807, 2.05) is 12.2 Å². The zero-order valence-corrected chi connectivity index (χ0v) is 24.1. The molecule has 1 saturated carbocycles. The van der Waals surface area contributed by atoms with Crippen molar-refractivity contribution in [3.63, 3.8) is 0 Å². The molecular weight excluding hydrogens is 500 g/mol. The van der Waals surface area contributed by atoms with Gasteiger partial charge in [0.2, 0.25) is 0 Å². The van der Waals surface area contributed by atoms with Crippen LogP contribution < -0.4 is 0 Å². The second kappa shape index (κ2) is 21.8. The second-order valence-corrected chi connectivity index (χ2v) is 10.7. The zero-order chi connectivity index (χ0) is 28.9. The number of aliphatic hydroxyl groups excluding tert-OH is 3. The van der Waals surface area contributed by atoms with Crippen molar-refractivity contribution in [1.29, 1.82) is 0 Å². The number of ether oxygens (including phenoxy) is 2.